The fourth-order valence-corrected chi connectivity index (χ4v) is 3.92. The van der Waals surface area contributed by atoms with Crippen molar-refractivity contribution in [2.45, 2.75) is 31.2 Å². The molecule has 1 aliphatic heterocycles. The molecule has 0 aliphatic carbocycles. The Morgan fingerprint density at radius 1 is 1.18 bits per heavy atom. The summed E-state index contributed by atoms with van der Waals surface area (Å²) in [6.07, 6.45) is 1.06. The van der Waals surface area contributed by atoms with Crippen molar-refractivity contribution in [2.24, 2.45) is 0 Å². The second-order valence-electron chi connectivity index (χ2n) is 7.36. The van der Waals surface area contributed by atoms with Crippen LogP contribution in [-0.4, -0.2) is 63.7 Å². The lowest BCUT2D eigenvalue weighted by molar-refractivity contribution is -0.128. The number of thioether (sulfide) groups is 1. The summed E-state index contributed by atoms with van der Waals surface area (Å²) in [5, 5.41) is 6.42. The summed E-state index contributed by atoms with van der Waals surface area (Å²) in [5.41, 5.74) is 2.45. The van der Waals surface area contributed by atoms with E-state index < -0.39 is 0 Å². The molecule has 2 aromatic carbocycles. The molecule has 2 unspecified atom stereocenters. The lowest BCUT2D eigenvalue weighted by atomic mass is 10.1. The van der Waals surface area contributed by atoms with Gasteiger partial charge in [-0.2, -0.15) is 11.8 Å². The molecule has 1 amide bonds. The van der Waals surface area contributed by atoms with Gasteiger partial charge in [-0.05, 0) is 36.6 Å². The van der Waals surface area contributed by atoms with Gasteiger partial charge in [-0.25, -0.2) is 0 Å². The van der Waals surface area contributed by atoms with Crippen molar-refractivity contribution in [3.8, 4) is 5.75 Å². The first-order valence-corrected chi connectivity index (χ1v) is 12.2. The van der Waals surface area contributed by atoms with E-state index in [0.717, 1.165) is 36.8 Å². The number of ether oxygens (including phenoxy) is 3. The van der Waals surface area contributed by atoms with Crippen LogP contribution in [0.3, 0.4) is 0 Å². The minimum atomic E-state index is -0.214. The van der Waals surface area contributed by atoms with Gasteiger partial charge in [0.05, 0.1) is 32.5 Å². The number of epoxide rings is 1. The third-order valence-electron chi connectivity index (χ3n) is 4.81. The number of benzene rings is 2. The van der Waals surface area contributed by atoms with Crippen LogP contribution in [0.25, 0.3) is 0 Å². The van der Waals surface area contributed by atoms with Crippen LogP contribution in [0.15, 0.2) is 54.6 Å². The number of hydrogen-bond acceptors (Lipinski definition) is 7. The third-order valence-corrected chi connectivity index (χ3v) is 5.92. The standard InChI is InChI=1S/C22H28N2O3S.C3H6O2/c1-26-19-9-7-17(8-10-19)11-12-23-22(25)21(24-13-20-14-27-20)16-28-15-18-5-3-2-4-6-18;1-2-5-3-4/h2-10,20-21,24H,11-16H2,1H3,(H,23,25);3H,2H2,1H3. The van der Waals surface area contributed by atoms with E-state index >= 15 is 0 Å². The molecule has 0 spiro atoms. The molecule has 1 fully saturated rings. The molecule has 2 N–H and O–H groups in total. The van der Waals surface area contributed by atoms with E-state index in [1.165, 1.54) is 11.1 Å². The topological polar surface area (TPSA) is 89.2 Å². The second-order valence-corrected chi connectivity index (χ2v) is 8.39. The number of methoxy groups -OCH3 is 1. The van der Waals surface area contributed by atoms with Crippen LogP contribution in [0.2, 0.25) is 0 Å². The van der Waals surface area contributed by atoms with Gasteiger partial charge in [0.1, 0.15) is 5.75 Å². The van der Waals surface area contributed by atoms with Crippen LogP contribution in [0.5, 0.6) is 5.75 Å². The Bertz CT molecular complexity index is 800. The summed E-state index contributed by atoms with van der Waals surface area (Å²) in [4.78, 5) is 21.8. The van der Waals surface area contributed by atoms with Gasteiger partial charge in [-0.1, -0.05) is 42.5 Å². The minimum Gasteiger partial charge on any atom is -0.497 e. The predicted molar refractivity (Wildman–Crippen MR) is 132 cm³/mol. The molecular weight excluding hydrogens is 440 g/mol. The van der Waals surface area contributed by atoms with Gasteiger partial charge in [0.25, 0.3) is 6.47 Å². The SMILES string of the molecule is CCOC=O.COc1ccc(CCNC(=O)C(CSCc2ccccc2)NCC2CO2)cc1. The van der Waals surface area contributed by atoms with Crippen molar-refractivity contribution < 1.29 is 23.8 Å². The van der Waals surface area contributed by atoms with Crippen molar-refractivity contribution in [1.82, 2.24) is 10.6 Å². The first kappa shape index (κ1) is 26.7. The van der Waals surface area contributed by atoms with E-state index in [1.54, 1.807) is 25.8 Å². The van der Waals surface area contributed by atoms with Gasteiger partial charge < -0.3 is 24.8 Å². The summed E-state index contributed by atoms with van der Waals surface area (Å²) in [5.74, 6) is 2.53. The third kappa shape index (κ3) is 11.8. The molecule has 2 atom stereocenters. The highest BCUT2D eigenvalue weighted by molar-refractivity contribution is 7.98. The molecule has 2 aromatic rings. The van der Waals surface area contributed by atoms with Crippen molar-refractivity contribution >= 4 is 24.1 Å². The van der Waals surface area contributed by atoms with Gasteiger partial charge in [0, 0.05) is 24.6 Å². The molecule has 0 aromatic heterocycles. The molecule has 0 radical (unpaired) electrons. The number of carbonyl (C=O) groups is 2. The highest BCUT2D eigenvalue weighted by Crippen LogP contribution is 2.14. The number of rotatable bonds is 14. The zero-order valence-electron chi connectivity index (χ0n) is 19.3. The largest absolute Gasteiger partial charge is 0.497 e. The van der Waals surface area contributed by atoms with E-state index in [1.807, 2.05) is 42.5 Å². The zero-order chi connectivity index (χ0) is 23.7. The molecule has 0 bridgehead atoms. The van der Waals surface area contributed by atoms with Gasteiger partial charge >= 0.3 is 0 Å². The Morgan fingerprint density at radius 2 is 1.91 bits per heavy atom. The van der Waals surface area contributed by atoms with Gasteiger partial charge in [-0.3, -0.25) is 9.59 Å². The zero-order valence-corrected chi connectivity index (χ0v) is 20.1. The first-order valence-electron chi connectivity index (χ1n) is 11.1. The lowest BCUT2D eigenvalue weighted by Gasteiger charge is -2.18. The maximum absolute atomic E-state index is 12.7. The Labute approximate surface area is 200 Å². The lowest BCUT2D eigenvalue weighted by Crippen LogP contribution is -2.47. The summed E-state index contributed by atoms with van der Waals surface area (Å²) in [7, 11) is 1.66. The molecule has 8 heteroatoms. The normalized spacial score (nSPS) is 14.9. The Balaban J connectivity index is 0.000000696. The predicted octanol–water partition coefficient (Wildman–Crippen LogP) is 2.82. The van der Waals surface area contributed by atoms with Crippen LogP contribution in [0, 0.1) is 0 Å². The molecule has 7 nitrogen and oxygen atoms in total. The summed E-state index contributed by atoms with van der Waals surface area (Å²) < 4.78 is 14.6. The fraction of sp³-hybridized carbons (Fsp3) is 0.440. The number of nitrogens with one attached hydrogen (secondary N) is 2. The number of hydrogen-bond donors (Lipinski definition) is 2. The van der Waals surface area contributed by atoms with E-state index in [0.29, 0.717) is 19.6 Å². The molecule has 33 heavy (non-hydrogen) atoms. The average molecular weight is 475 g/mol. The number of carbonyl (C=O) groups excluding carboxylic acids is 2. The first-order chi connectivity index (χ1) is 16.2. The van der Waals surface area contributed by atoms with E-state index in [9.17, 15) is 9.59 Å². The molecule has 3 rings (SSSR count). The minimum absolute atomic E-state index is 0.0507. The van der Waals surface area contributed by atoms with E-state index in [2.05, 4.69) is 27.5 Å². The van der Waals surface area contributed by atoms with E-state index in [-0.39, 0.29) is 18.1 Å². The smallest absolute Gasteiger partial charge is 0.293 e. The highest BCUT2D eigenvalue weighted by atomic mass is 32.2. The van der Waals surface area contributed by atoms with Gasteiger partial charge in [-0.15, -0.1) is 0 Å². The van der Waals surface area contributed by atoms with Gasteiger partial charge in [0.15, 0.2) is 0 Å². The summed E-state index contributed by atoms with van der Waals surface area (Å²) in [6, 6.07) is 18.1. The average Bonchev–Trinajstić information content (AvgIpc) is 3.68. The molecule has 1 saturated heterocycles. The van der Waals surface area contributed by atoms with Gasteiger partial charge in [0.2, 0.25) is 5.91 Å². The molecule has 180 valence electrons. The van der Waals surface area contributed by atoms with Crippen molar-refractivity contribution in [1.29, 1.82) is 0 Å². The molecule has 0 saturated carbocycles. The fourth-order valence-electron chi connectivity index (χ4n) is 2.87. The molecular formula is C25H34N2O5S. The van der Waals surface area contributed by atoms with Crippen molar-refractivity contribution in [3.05, 3.63) is 65.7 Å². The molecule has 1 heterocycles. The summed E-state index contributed by atoms with van der Waals surface area (Å²) >= 11 is 1.77. The van der Waals surface area contributed by atoms with Crippen molar-refractivity contribution in [2.75, 3.05) is 39.2 Å². The highest BCUT2D eigenvalue weighted by Gasteiger charge is 2.25. The van der Waals surface area contributed by atoms with Crippen LogP contribution >= 0.6 is 11.8 Å². The summed E-state index contributed by atoms with van der Waals surface area (Å²) in [6.45, 7) is 4.79. The van der Waals surface area contributed by atoms with Crippen LogP contribution in [0.1, 0.15) is 18.1 Å². The maximum Gasteiger partial charge on any atom is 0.293 e. The monoisotopic (exact) mass is 474 g/mol. The Kier molecular flexibility index (Phi) is 13.0. The van der Waals surface area contributed by atoms with Crippen LogP contribution < -0.4 is 15.4 Å². The quantitative estimate of drug-likeness (QED) is 0.321. The maximum atomic E-state index is 12.7. The number of amides is 1. The second kappa shape index (κ2) is 16.1. The Morgan fingerprint density at radius 3 is 2.48 bits per heavy atom. The molecule has 1 aliphatic rings. The Hall–Kier alpha value is -2.55. The van der Waals surface area contributed by atoms with Crippen LogP contribution in [-0.2, 0) is 31.2 Å². The van der Waals surface area contributed by atoms with Crippen molar-refractivity contribution in [3.63, 3.8) is 0 Å². The van der Waals surface area contributed by atoms with E-state index in [4.69, 9.17) is 9.47 Å². The van der Waals surface area contributed by atoms with Crippen LogP contribution in [0.4, 0.5) is 0 Å².